The number of oxime groups is 1. The highest BCUT2D eigenvalue weighted by Crippen LogP contribution is 2.21. The van der Waals surface area contributed by atoms with Crippen molar-refractivity contribution < 1.29 is 18.4 Å². The molecule has 0 bridgehead atoms. The minimum atomic E-state index is -3.12. The molecule has 0 amide bonds. The van der Waals surface area contributed by atoms with Crippen molar-refractivity contribution in [2.75, 3.05) is 12.4 Å². The van der Waals surface area contributed by atoms with Crippen LogP contribution in [0.2, 0.25) is 0 Å². The van der Waals surface area contributed by atoms with Crippen molar-refractivity contribution in [2.24, 2.45) is 5.16 Å². The minimum Gasteiger partial charge on any atom is -0.492 e. The molecule has 0 aromatic heterocycles. The molecule has 0 saturated heterocycles. The normalized spacial score (nSPS) is 12.8. The molecule has 112 valence electrons. The van der Waals surface area contributed by atoms with Crippen LogP contribution in [-0.2, 0) is 9.84 Å². The fraction of sp³-hybridized carbons (Fsp3) is 0.500. The van der Waals surface area contributed by atoms with Crippen LogP contribution in [-0.4, -0.2) is 36.9 Å². The lowest BCUT2D eigenvalue weighted by Crippen LogP contribution is -2.22. The average molecular weight is 299 g/mol. The van der Waals surface area contributed by atoms with Crippen LogP contribution < -0.4 is 4.74 Å². The Balaban J connectivity index is 2.85. The zero-order chi connectivity index (χ0) is 15.3. The molecule has 5 nitrogen and oxygen atoms in total. The maximum atomic E-state index is 11.7. The molecule has 1 aromatic rings. The fourth-order valence-electron chi connectivity index (χ4n) is 1.61. The van der Waals surface area contributed by atoms with E-state index in [1.54, 1.807) is 32.9 Å². The van der Waals surface area contributed by atoms with Gasteiger partial charge in [-0.2, -0.15) is 0 Å². The van der Waals surface area contributed by atoms with Crippen LogP contribution in [0, 0.1) is 6.92 Å². The van der Waals surface area contributed by atoms with Crippen molar-refractivity contribution in [3.63, 3.8) is 0 Å². The lowest BCUT2D eigenvalue weighted by Gasteiger charge is -2.13. The van der Waals surface area contributed by atoms with E-state index in [1.807, 2.05) is 13.0 Å². The molecule has 0 saturated carbocycles. The molecule has 0 heterocycles. The summed E-state index contributed by atoms with van der Waals surface area (Å²) in [5.41, 5.74) is 2.06. The number of hydrogen-bond donors (Lipinski definition) is 1. The summed E-state index contributed by atoms with van der Waals surface area (Å²) in [5, 5.41) is 11.6. The first-order valence-electron chi connectivity index (χ1n) is 6.42. The van der Waals surface area contributed by atoms with Crippen LogP contribution in [0.4, 0.5) is 0 Å². The summed E-state index contributed by atoms with van der Waals surface area (Å²) in [7, 11) is -3.12. The minimum absolute atomic E-state index is 0.0344. The highest BCUT2D eigenvalue weighted by molar-refractivity contribution is 7.91. The zero-order valence-electron chi connectivity index (χ0n) is 12.3. The summed E-state index contributed by atoms with van der Waals surface area (Å²) >= 11 is 0. The van der Waals surface area contributed by atoms with Crippen molar-refractivity contribution in [3.8, 4) is 5.75 Å². The SMILES string of the molecule is C/C(=N\O)c1ccc(C)cc1OCCS(=O)(=O)C(C)C. The number of rotatable bonds is 6. The first-order chi connectivity index (χ1) is 9.27. The van der Waals surface area contributed by atoms with Crippen molar-refractivity contribution >= 4 is 15.5 Å². The Morgan fingerprint density at radius 3 is 2.60 bits per heavy atom. The molecule has 0 aliphatic carbocycles. The van der Waals surface area contributed by atoms with Gasteiger partial charge in [-0.25, -0.2) is 8.42 Å². The summed E-state index contributed by atoms with van der Waals surface area (Å²) in [5.74, 6) is 0.493. The van der Waals surface area contributed by atoms with E-state index in [-0.39, 0.29) is 12.4 Å². The average Bonchev–Trinajstić information content (AvgIpc) is 2.37. The van der Waals surface area contributed by atoms with Gasteiger partial charge in [0, 0.05) is 5.56 Å². The second kappa shape index (κ2) is 6.74. The Labute approximate surface area is 120 Å². The molecule has 6 heteroatoms. The van der Waals surface area contributed by atoms with E-state index in [2.05, 4.69) is 5.16 Å². The Hall–Kier alpha value is -1.56. The second-order valence-electron chi connectivity index (χ2n) is 4.95. The van der Waals surface area contributed by atoms with Gasteiger partial charge in [0.2, 0.25) is 0 Å². The topological polar surface area (TPSA) is 76.0 Å². The van der Waals surface area contributed by atoms with Crippen LogP contribution in [0.5, 0.6) is 5.75 Å². The van der Waals surface area contributed by atoms with Gasteiger partial charge in [0.1, 0.15) is 12.4 Å². The van der Waals surface area contributed by atoms with E-state index in [0.29, 0.717) is 17.0 Å². The second-order valence-corrected chi connectivity index (χ2v) is 7.63. The summed E-state index contributed by atoms with van der Waals surface area (Å²) in [6.07, 6.45) is 0. The van der Waals surface area contributed by atoms with Crippen molar-refractivity contribution in [2.45, 2.75) is 32.9 Å². The predicted octanol–water partition coefficient (Wildman–Crippen LogP) is 2.40. The molecule has 1 aromatic carbocycles. The third-order valence-electron chi connectivity index (χ3n) is 3.02. The van der Waals surface area contributed by atoms with E-state index >= 15 is 0 Å². The van der Waals surface area contributed by atoms with Crippen LogP contribution in [0.1, 0.15) is 31.9 Å². The van der Waals surface area contributed by atoms with Crippen LogP contribution in [0.3, 0.4) is 0 Å². The largest absolute Gasteiger partial charge is 0.492 e. The molecule has 0 atom stereocenters. The Bertz CT molecular complexity index is 591. The van der Waals surface area contributed by atoms with Gasteiger partial charge >= 0.3 is 0 Å². The van der Waals surface area contributed by atoms with Crippen molar-refractivity contribution in [1.29, 1.82) is 0 Å². The number of nitrogens with zero attached hydrogens (tertiary/aromatic N) is 1. The van der Waals surface area contributed by atoms with Crippen LogP contribution in [0.25, 0.3) is 0 Å². The molecule has 0 radical (unpaired) electrons. The highest BCUT2D eigenvalue weighted by atomic mass is 32.2. The summed E-state index contributed by atoms with van der Waals surface area (Å²) in [6, 6.07) is 5.46. The Morgan fingerprint density at radius 2 is 2.05 bits per heavy atom. The highest BCUT2D eigenvalue weighted by Gasteiger charge is 2.16. The van der Waals surface area contributed by atoms with Gasteiger partial charge in [-0.3, -0.25) is 0 Å². The van der Waals surface area contributed by atoms with Gasteiger partial charge in [-0.1, -0.05) is 11.2 Å². The first kappa shape index (κ1) is 16.5. The lowest BCUT2D eigenvalue weighted by molar-refractivity contribution is 0.317. The maximum Gasteiger partial charge on any atom is 0.155 e. The van der Waals surface area contributed by atoms with Gasteiger partial charge in [0.05, 0.1) is 16.7 Å². The molecular weight excluding hydrogens is 278 g/mol. The van der Waals surface area contributed by atoms with Gasteiger partial charge in [0.25, 0.3) is 0 Å². The quantitative estimate of drug-likeness (QED) is 0.497. The molecule has 0 spiro atoms. The van der Waals surface area contributed by atoms with Gasteiger partial charge in [-0.15, -0.1) is 0 Å². The first-order valence-corrected chi connectivity index (χ1v) is 8.13. The lowest BCUT2D eigenvalue weighted by atomic mass is 10.1. The molecule has 0 unspecified atom stereocenters. The van der Waals surface area contributed by atoms with Crippen LogP contribution >= 0.6 is 0 Å². The predicted molar refractivity (Wildman–Crippen MR) is 79.6 cm³/mol. The zero-order valence-corrected chi connectivity index (χ0v) is 13.1. The molecular formula is C14H21NO4S. The summed E-state index contributed by atoms with van der Waals surface area (Å²) < 4.78 is 29.0. The number of sulfone groups is 1. The van der Waals surface area contributed by atoms with Gasteiger partial charge in [0.15, 0.2) is 9.84 Å². The molecule has 1 rings (SSSR count). The summed E-state index contributed by atoms with van der Waals surface area (Å²) in [6.45, 7) is 6.94. The molecule has 20 heavy (non-hydrogen) atoms. The molecule has 0 aliphatic heterocycles. The van der Waals surface area contributed by atoms with Crippen LogP contribution in [0.15, 0.2) is 23.4 Å². The van der Waals surface area contributed by atoms with Crippen molar-refractivity contribution in [3.05, 3.63) is 29.3 Å². The van der Waals surface area contributed by atoms with Gasteiger partial charge < -0.3 is 9.94 Å². The number of ether oxygens (including phenoxy) is 1. The standard InChI is InChI=1S/C14H21NO4S/c1-10(2)20(17,18)8-7-19-14-9-11(3)5-6-13(14)12(4)15-16/h5-6,9-10,16H,7-8H2,1-4H3/b15-12+. The Kier molecular flexibility index (Phi) is 5.56. The third-order valence-corrected chi connectivity index (χ3v) is 5.19. The van der Waals surface area contributed by atoms with Crippen molar-refractivity contribution in [1.82, 2.24) is 0 Å². The van der Waals surface area contributed by atoms with E-state index < -0.39 is 15.1 Å². The summed E-state index contributed by atoms with van der Waals surface area (Å²) in [4.78, 5) is 0. The third kappa shape index (κ3) is 4.23. The van der Waals surface area contributed by atoms with E-state index in [0.717, 1.165) is 5.56 Å². The van der Waals surface area contributed by atoms with E-state index in [1.165, 1.54) is 0 Å². The molecule has 0 aliphatic rings. The number of hydrogen-bond acceptors (Lipinski definition) is 5. The number of benzene rings is 1. The maximum absolute atomic E-state index is 11.7. The van der Waals surface area contributed by atoms with E-state index in [9.17, 15) is 8.42 Å². The van der Waals surface area contributed by atoms with Gasteiger partial charge in [-0.05, 0) is 45.4 Å². The molecule has 0 fully saturated rings. The number of aryl methyl sites for hydroxylation is 1. The monoisotopic (exact) mass is 299 g/mol. The Morgan fingerprint density at radius 1 is 1.40 bits per heavy atom. The van der Waals surface area contributed by atoms with E-state index in [4.69, 9.17) is 9.94 Å². The molecule has 1 N–H and O–H groups in total. The smallest absolute Gasteiger partial charge is 0.155 e. The fourth-order valence-corrected chi connectivity index (χ4v) is 2.39.